The van der Waals surface area contributed by atoms with E-state index in [2.05, 4.69) is 5.38 Å². The van der Waals surface area contributed by atoms with Gasteiger partial charge >= 0.3 is 0 Å². The summed E-state index contributed by atoms with van der Waals surface area (Å²) < 4.78 is 18.4. The summed E-state index contributed by atoms with van der Waals surface area (Å²) in [6.45, 7) is 0. The summed E-state index contributed by atoms with van der Waals surface area (Å²) in [6, 6.07) is 6.86. The van der Waals surface area contributed by atoms with Crippen LogP contribution in [0.15, 0.2) is 35.0 Å². The molecular formula is C13H12ClFOS. The first-order valence-corrected chi connectivity index (χ1v) is 6.57. The van der Waals surface area contributed by atoms with Crippen molar-refractivity contribution in [3.63, 3.8) is 0 Å². The van der Waals surface area contributed by atoms with E-state index in [1.54, 1.807) is 23.5 Å². The van der Waals surface area contributed by atoms with Crippen LogP contribution in [0.25, 0.3) is 0 Å². The second-order valence-electron chi connectivity index (χ2n) is 3.70. The standard InChI is InChI=1S/C13H12ClFOS/c1-16-13-3-2-10(7-12(13)15)11(14)6-9-4-5-17-8-9/h2-5,7-8,11H,6H2,1H3. The molecular weight excluding hydrogens is 259 g/mol. The van der Waals surface area contributed by atoms with Gasteiger partial charge in [-0.15, -0.1) is 11.6 Å². The highest BCUT2D eigenvalue weighted by molar-refractivity contribution is 7.07. The first-order valence-electron chi connectivity index (χ1n) is 5.19. The van der Waals surface area contributed by atoms with Crippen LogP contribution < -0.4 is 4.74 Å². The summed E-state index contributed by atoms with van der Waals surface area (Å²) in [7, 11) is 1.45. The Hall–Kier alpha value is -1.06. The molecule has 1 aromatic heterocycles. The molecule has 1 nitrogen and oxygen atoms in total. The van der Waals surface area contributed by atoms with Gasteiger partial charge in [-0.05, 0) is 46.5 Å². The summed E-state index contributed by atoms with van der Waals surface area (Å²) in [5.74, 6) is -0.130. The van der Waals surface area contributed by atoms with Crippen LogP contribution >= 0.6 is 22.9 Å². The van der Waals surface area contributed by atoms with Crippen LogP contribution in [0.3, 0.4) is 0 Å². The summed E-state index contributed by atoms with van der Waals surface area (Å²) in [5, 5.41) is 3.84. The minimum atomic E-state index is -0.374. The number of thiophene rings is 1. The molecule has 0 spiro atoms. The van der Waals surface area contributed by atoms with Gasteiger partial charge in [0.1, 0.15) is 0 Å². The Morgan fingerprint density at radius 2 is 2.24 bits per heavy atom. The quantitative estimate of drug-likeness (QED) is 0.748. The molecule has 0 fully saturated rings. The van der Waals surface area contributed by atoms with Gasteiger partial charge in [0.05, 0.1) is 12.5 Å². The van der Waals surface area contributed by atoms with E-state index in [1.807, 2.05) is 11.4 Å². The Labute approximate surface area is 109 Å². The number of benzene rings is 1. The van der Waals surface area contributed by atoms with Gasteiger partial charge in [-0.2, -0.15) is 11.3 Å². The molecule has 0 N–H and O–H groups in total. The summed E-state index contributed by atoms with van der Waals surface area (Å²) >= 11 is 7.90. The highest BCUT2D eigenvalue weighted by Gasteiger charge is 2.12. The zero-order chi connectivity index (χ0) is 12.3. The Kier molecular flexibility index (Phi) is 4.02. The van der Waals surface area contributed by atoms with Crippen molar-refractivity contribution in [3.8, 4) is 5.75 Å². The van der Waals surface area contributed by atoms with Crippen LogP contribution in [-0.4, -0.2) is 7.11 Å². The molecule has 1 aromatic carbocycles. The van der Waals surface area contributed by atoms with Gasteiger partial charge in [-0.25, -0.2) is 4.39 Å². The lowest BCUT2D eigenvalue weighted by molar-refractivity contribution is 0.386. The molecule has 1 unspecified atom stereocenters. The Morgan fingerprint density at radius 1 is 1.41 bits per heavy atom. The molecule has 90 valence electrons. The summed E-state index contributed by atoms with van der Waals surface area (Å²) in [6.07, 6.45) is 0.705. The molecule has 1 atom stereocenters. The minimum Gasteiger partial charge on any atom is -0.494 e. The van der Waals surface area contributed by atoms with Crippen molar-refractivity contribution < 1.29 is 9.13 Å². The van der Waals surface area contributed by atoms with Crippen LogP contribution in [-0.2, 0) is 6.42 Å². The van der Waals surface area contributed by atoms with Gasteiger partial charge in [0.25, 0.3) is 0 Å². The van der Waals surface area contributed by atoms with Gasteiger partial charge in [0, 0.05) is 0 Å². The molecule has 0 radical (unpaired) electrons. The number of hydrogen-bond acceptors (Lipinski definition) is 2. The second-order valence-corrected chi connectivity index (χ2v) is 5.00. The molecule has 2 aromatic rings. The van der Waals surface area contributed by atoms with E-state index < -0.39 is 0 Å². The van der Waals surface area contributed by atoms with E-state index in [0.29, 0.717) is 6.42 Å². The maximum atomic E-state index is 13.5. The number of methoxy groups -OCH3 is 1. The lowest BCUT2D eigenvalue weighted by Gasteiger charge is -2.10. The van der Waals surface area contributed by atoms with Crippen molar-refractivity contribution in [1.82, 2.24) is 0 Å². The predicted octanol–water partition coefficient (Wildman–Crippen LogP) is 4.42. The topological polar surface area (TPSA) is 9.23 Å². The van der Waals surface area contributed by atoms with Crippen LogP contribution in [0.4, 0.5) is 4.39 Å². The van der Waals surface area contributed by atoms with E-state index in [1.165, 1.54) is 18.7 Å². The fourth-order valence-electron chi connectivity index (χ4n) is 1.61. The largest absolute Gasteiger partial charge is 0.494 e. The molecule has 0 amide bonds. The smallest absolute Gasteiger partial charge is 0.165 e. The summed E-state index contributed by atoms with van der Waals surface area (Å²) in [4.78, 5) is 0. The third-order valence-electron chi connectivity index (χ3n) is 2.53. The third kappa shape index (κ3) is 2.99. The third-order valence-corrected chi connectivity index (χ3v) is 3.67. The monoisotopic (exact) mass is 270 g/mol. The number of alkyl halides is 1. The normalized spacial score (nSPS) is 12.4. The van der Waals surface area contributed by atoms with E-state index in [4.69, 9.17) is 16.3 Å². The molecule has 0 saturated heterocycles. The van der Waals surface area contributed by atoms with Crippen molar-refractivity contribution in [2.45, 2.75) is 11.8 Å². The van der Waals surface area contributed by atoms with E-state index in [9.17, 15) is 4.39 Å². The van der Waals surface area contributed by atoms with Crippen molar-refractivity contribution in [1.29, 1.82) is 0 Å². The highest BCUT2D eigenvalue weighted by atomic mass is 35.5. The highest BCUT2D eigenvalue weighted by Crippen LogP contribution is 2.29. The molecule has 4 heteroatoms. The van der Waals surface area contributed by atoms with Crippen LogP contribution in [0, 0.1) is 5.82 Å². The first-order chi connectivity index (χ1) is 8.20. The molecule has 0 bridgehead atoms. The Bertz CT molecular complexity index is 484. The second kappa shape index (κ2) is 5.52. The average molecular weight is 271 g/mol. The van der Waals surface area contributed by atoms with Crippen LogP contribution in [0.5, 0.6) is 5.75 Å². The lowest BCUT2D eigenvalue weighted by Crippen LogP contribution is -1.97. The predicted molar refractivity (Wildman–Crippen MR) is 69.6 cm³/mol. The average Bonchev–Trinajstić information content (AvgIpc) is 2.81. The number of hydrogen-bond donors (Lipinski definition) is 0. The van der Waals surface area contributed by atoms with Crippen LogP contribution in [0.2, 0.25) is 0 Å². The molecule has 17 heavy (non-hydrogen) atoms. The van der Waals surface area contributed by atoms with Crippen molar-refractivity contribution >= 4 is 22.9 Å². The summed E-state index contributed by atoms with van der Waals surface area (Å²) in [5.41, 5.74) is 1.95. The Balaban J connectivity index is 2.14. The first kappa shape index (κ1) is 12.4. The number of halogens is 2. The molecule has 1 heterocycles. The lowest BCUT2D eigenvalue weighted by atomic mass is 10.1. The van der Waals surface area contributed by atoms with Gasteiger partial charge in [-0.1, -0.05) is 6.07 Å². The molecule has 0 aliphatic rings. The molecule has 0 aliphatic carbocycles. The van der Waals surface area contributed by atoms with Crippen LogP contribution in [0.1, 0.15) is 16.5 Å². The van der Waals surface area contributed by atoms with Gasteiger partial charge in [-0.3, -0.25) is 0 Å². The molecule has 0 aliphatic heterocycles. The number of rotatable bonds is 4. The van der Waals surface area contributed by atoms with Crippen molar-refractivity contribution in [2.24, 2.45) is 0 Å². The minimum absolute atomic E-state index is 0.218. The number of ether oxygens (including phenoxy) is 1. The fourth-order valence-corrected chi connectivity index (χ4v) is 2.61. The zero-order valence-corrected chi connectivity index (χ0v) is 10.9. The SMILES string of the molecule is COc1ccc(C(Cl)Cc2ccsc2)cc1F. The van der Waals surface area contributed by atoms with Crippen molar-refractivity contribution in [3.05, 3.63) is 52.0 Å². The van der Waals surface area contributed by atoms with E-state index >= 15 is 0 Å². The maximum Gasteiger partial charge on any atom is 0.165 e. The fraction of sp³-hybridized carbons (Fsp3) is 0.231. The van der Waals surface area contributed by atoms with E-state index in [-0.39, 0.29) is 16.9 Å². The van der Waals surface area contributed by atoms with Crippen molar-refractivity contribution in [2.75, 3.05) is 7.11 Å². The Morgan fingerprint density at radius 3 is 2.82 bits per heavy atom. The molecule has 2 rings (SSSR count). The van der Waals surface area contributed by atoms with Gasteiger partial charge in [0.15, 0.2) is 11.6 Å². The van der Waals surface area contributed by atoms with E-state index in [0.717, 1.165) is 5.56 Å². The molecule has 0 saturated carbocycles. The zero-order valence-electron chi connectivity index (χ0n) is 9.32. The van der Waals surface area contributed by atoms with Gasteiger partial charge in [0.2, 0.25) is 0 Å². The van der Waals surface area contributed by atoms with Gasteiger partial charge < -0.3 is 4.74 Å². The maximum absolute atomic E-state index is 13.5.